The van der Waals surface area contributed by atoms with Gasteiger partial charge in [-0.2, -0.15) is 0 Å². The number of carbonyl (C=O) groups is 2. The summed E-state index contributed by atoms with van der Waals surface area (Å²) in [6.07, 6.45) is 4.24. The van der Waals surface area contributed by atoms with Gasteiger partial charge in [-0.1, -0.05) is 32.0 Å². The molecule has 1 aromatic carbocycles. The second-order valence-electron chi connectivity index (χ2n) is 15.2. The predicted molar refractivity (Wildman–Crippen MR) is 177 cm³/mol. The Hall–Kier alpha value is -3.15. The third-order valence-corrected chi connectivity index (χ3v) is 10.7. The standard InChI is InChI=1S/C35H49BN4O6/c1-33(2,3)44-32(42)25-12-10-11-23(31(25)43-7)19-28(36-45-27-21-24-20-26(34(24,4)5)35(27,6)46-36)38-30(41)22-39-15-17-40(18-16-39)29-13-8-9-14-37-29/h8-14,24,26-28H,15-22H2,1-7H3,(H,38,41). The molecule has 0 radical (unpaired) electrons. The highest BCUT2D eigenvalue weighted by Gasteiger charge is 2.68. The lowest BCUT2D eigenvalue weighted by molar-refractivity contribution is -0.199. The zero-order valence-corrected chi connectivity index (χ0v) is 28.4. The number of pyridine rings is 1. The SMILES string of the molecule is COc1c(CC(NC(=O)CN2CCN(c3ccccn3)CC2)B2OC3CC4CC(C4(C)C)C3(C)O2)cccc1C(=O)OC(C)(C)C. The molecule has 2 aliphatic heterocycles. The van der Waals surface area contributed by atoms with E-state index in [2.05, 4.69) is 40.9 Å². The van der Waals surface area contributed by atoms with E-state index in [1.54, 1.807) is 13.2 Å². The second-order valence-corrected chi connectivity index (χ2v) is 15.2. The van der Waals surface area contributed by atoms with Crippen molar-refractivity contribution < 1.29 is 28.4 Å². The minimum absolute atomic E-state index is 0.0247. The molecule has 1 aromatic heterocycles. The summed E-state index contributed by atoms with van der Waals surface area (Å²) < 4.78 is 25.0. The average Bonchev–Trinajstić information content (AvgIpc) is 3.38. The first-order valence-electron chi connectivity index (χ1n) is 16.7. The van der Waals surface area contributed by atoms with Gasteiger partial charge in [0.2, 0.25) is 5.91 Å². The maximum Gasteiger partial charge on any atom is 0.482 e. The van der Waals surface area contributed by atoms with E-state index in [4.69, 9.17) is 18.8 Å². The summed E-state index contributed by atoms with van der Waals surface area (Å²) in [6.45, 7) is 15.8. The molecule has 3 heterocycles. The van der Waals surface area contributed by atoms with Crippen molar-refractivity contribution in [3.63, 3.8) is 0 Å². The Morgan fingerprint density at radius 2 is 1.85 bits per heavy atom. The highest BCUT2D eigenvalue weighted by atomic mass is 16.7. The Labute approximate surface area is 273 Å². The summed E-state index contributed by atoms with van der Waals surface area (Å²) in [5, 5.41) is 3.28. The highest BCUT2D eigenvalue weighted by molar-refractivity contribution is 6.48. The maximum absolute atomic E-state index is 13.7. The van der Waals surface area contributed by atoms with Crippen molar-refractivity contribution in [3.05, 3.63) is 53.7 Å². The normalized spacial score (nSPS) is 27.8. The van der Waals surface area contributed by atoms with Crippen LogP contribution in [0.3, 0.4) is 0 Å². The Morgan fingerprint density at radius 1 is 1.09 bits per heavy atom. The number of benzene rings is 1. The van der Waals surface area contributed by atoms with E-state index in [1.165, 1.54) is 0 Å². The van der Waals surface area contributed by atoms with Gasteiger partial charge < -0.3 is 29.0 Å². The molecule has 5 fully saturated rings. The van der Waals surface area contributed by atoms with Crippen molar-refractivity contribution in [1.29, 1.82) is 0 Å². The van der Waals surface area contributed by atoms with Crippen molar-refractivity contribution in [2.75, 3.05) is 44.7 Å². The van der Waals surface area contributed by atoms with E-state index >= 15 is 0 Å². The number of nitrogens with zero attached hydrogens (tertiary/aromatic N) is 3. The largest absolute Gasteiger partial charge is 0.496 e. The van der Waals surface area contributed by atoms with Gasteiger partial charge in [0.05, 0.1) is 31.3 Å². The van der Waals surface area contributed by atoms with E-state index in [1.807, 2.05) is 57.3 Å². The molecule has 0 spiro atoms. The summed E-state index contributed by atoms with van der Waals surface area (Å²) in [5.41, 5.74) is 0.253. The molecule has 5 aliphatic rings. The van der Waals surface area contributed by atoms with Gasteiger partial charge in [0.25, 0.3) is 0 Å². The minimum Gasteiger partial charge on any atom is -0.496 e. The lowest BCUT2D eigenvalue weighted by Crippen LogP contribution is -2.65. The summed E-state index contributed by atoms with van der Waals surface area (Å²) in [6, 6.07) is 11.4. The number of amides is 1. The Morgan fingerprint density at radius 3 is 2.50 bits per heavy atom. The van der Waals surface area contributed by atoms with Crippen LogP contribution in [0.1, 0.15) is 70.3 Å². The first-order chi connectivity index (χ1) is 21.8. The summed E-state index contributed by atoms with van der Waals surface area (Å²) in [4.78, 5) is 35.7. The zero-order chi connectivity index (χ0) is 32.9. The van der Waals surface area contributed by atoms with E-state index < -0.39 is 30.2 Å². The van der Waals surface area contributed by atoms with Crippen LogP contribution in [0.25, 0.3) is 0 Å². The number of esters is 1. The number of aromatic nitrogens is 1. The summed E-state index contributed by atoms with van der Waals surface area (Å²) in [5.74, 6) is 1.37. The van der Waals surface area contributed by atoms with Crippen LogP contribution in [0.4, 0.5) is 5.82 Å². The molecule has 2 bridgehead atoms. The molecular formula is C35H49BN4O6. The Balaban J connectivity index is 1.20. The molecule has 3 saturated carbocycles. The Kier molecular flexibility index (Phi) is 8.89. The van der Waals surface area contributed by atoms with E-state index in [9.17, 15) is 9.59 Å². The second kappa shape index (κ2) is 12.5. The molecule has 10 nitrogen and oxygen atoms in total. The molecule has 1 amide bonds. The molecule has 248 valence electrons. The molecule has 1 N–H and O–H groups in total. The van der Waals surface area contributed by atoms with Crippen molar-refractivity contribution >= 4 is 24.8 Å². The van der Waals surface area contributed by atoms with E-state index in [0.717, 1.165) is 50.4 Å². The minimum atomic E-state index is -0.649. The van der Waals surface area contributed by atoms with Crippen LogP contribution in [0.2, 0.25) is 0 Å². The van der Waals surface area contributed by atoms with Crippen molar-refractivity contribution in [3.8, 4) is 5.75 Å². The highest BCUT2D eigenvalue weighted by Crippen LogP contribution is 2.65. The van der Waals surface area contributed by atoms with Crippen molar-refractivity contribution in [2.45, 2.75) is 84.1 Å². The van der Waals surface area contributed by atoms with Crippen LogP contribution >= 0.6 is 0 Å². The number of hydrogen-bond donors (Lipinski definition) is 1. The first kappa shape index (κ1) is 32.8. The van der Waals surface area contributed by atoms with Gasteiger partial charge in [-0.15, -0.1) is 0 Å². The topological polar surface area (TPSA) is 102 Å². The number of nitrogens with one attached hydrogen (secondary N) is 1. The number of methoxy groups -OCH3 is 1. The lowest BCUT2D eigenvalue weighted by Gasteiger charge is -2.64. The van der Waals surface area contributed by atoms with Crippen molar-refractivity contribution in [2.24, 2.45) is 17.3 Å². The third-order valence-electron chi connectivity index (χ3n) is 10.7. The van der Waals surface area contributed by atoms with Crippen LogP contribution in [0.15, 0.2) is 42.6 Å². The van der Waals surface area contributed by atoms with Crippen LogP contribution in [-0.2, 0) is 25.3 Å². The number of hydrogen-bond acceptors (Lipinski definition) is 9. The Bertz CT molecular complexity index is 1430. The van der Waals surface area contributed by atoms with Gasteiger partial charge in [-0.3, -0.25) is 9.69 Å². The quantitative estimate of drug-likeness (QED) is 0.323. The number of carbonyl (C=O) groups excluding carboxylic acids is 2. The molecule has 2 aromatic rings. The molecule has 3 aliphatic carbocycles. The first-order valence-corrected chi connectivity index (χ1v) is 16.7. The number of para-hydroxylation sites is 1. The molecule has 7 rings (SSSR count). The molecule has 5 atom stereocenters. The van der Waals surface area contributed by atoms with E-state index in [0.29, 0.717) is 29.6 Å². The van der Waals surface area contributed by atoms with Crippen LogP contribution in [0, 0.1) is 17.3 Å². The number of anilines is 1. The van der Waals surface area contributed by atoms with Gasteiger partial charge in [0, 0.05) is 32.4 Å². The van der Waals surface area contributed by atoms with Gasteiger partial charge in [-0.05, 0) is 88.0 Å². The lowest BCUT2D eigenvalue weighted by atomic mass is 9.43. The predicted octanol–water partition coefficient (Wildman–Crippen LogP) is 4.16. The van der Waals surface area contributed by atoms with Crippen LogP contribution in [0.5, 0.6) is 5.75 Å². The smallest absolute Gasteiger partial charge is 0.482 e. The van der Waals surface area contributed by atoms with Gasteiger partial charge in [-0.25, -0.2) is 9.78 Å². The van der Waals surface area contributed by atoms with Gasteiger partial charge >= 0.3 is 13.1 Å². The van der Waals surface area contributed by atoms with Crippen molar-refractivity contribution in [1.82, 2.24) is 15.2 Å². The molecule has 46 heavy (non-hydrogen) atoms. The van der Waals surface area contributed by atoms with E-state index in [-0.39, 0.29) is 24.0 Å². The monoisotopic (exact) mass is 632 g/mol. The summed E-state index contributed by atoms with van der Waals surface area (Å²) >= 11 is 0. The number of piperazine rings is 1. The molecule has 11 heteroatoms. The maximum atomic E-state index is 13.7. The summed E-state index contributed by atoms with van der Waals surface area (Å²) in [7, 11) is 0.920. The number of rotatable bonds is 9. The van der Waals surface area contributed by atoms with Crippen LogP contribution in [-0.4, -0.2) is 92.0 Å². The van der Waals surface area contributed by atoms with Gasteiger partial charge in [0.1, 0.15) is 22.7 Å². The fourth-order valence-corrected chi connectivity index (χ4v) is 8.14. The molecule has 2 saturated heterocycles. The molecule has 5 unspecified atom stereocenters. The fourth-order valence-electron chi connectivity index (χ4n) is 8.14. The average molecular weight is 633 g/mol. The number of ether oxygens (including phenoxy) is 2. The van der Waals surface area contributed by atoms with Crippen LogP contribution < -0.4 is 15.0 Å². The fraction of sp³-hybridized carbons (Fsp3) is 0.629. The zero-order valence-electron chi connectivity index (χ0n) is 28.4. The molecular weight excluding hydrogens is 583 g/mol. The third kappa shape index (κ3) is 6.38. The van der Waals surface area contributed by atoms with Gasteiger partial charge in [0.15, 0.2) is 0 Å².